The lowest BCUT2D eigenvalue weighted by Crippen LogP contribution is -2.44. The summed E-state index contributed by atoms with van der Waals surface area (Å²) in [7, 11) is 0. The lowest BCUT2D eigenvalue weighted by atomic mass is 9.93. The number of urea groups is 1. The van der Waals surface area contributed by atoms with Crippen LogP contribution in [0.5, 0.6) is 0 Å². The molecule has 1 aliphatic heterocycles. The van der Waals surface area contributed by atoms with Crippen LogP contribution in [0.2, 0.25) is 0 Å². The van der Waals surface area contributed by atoms with E-state index >= 15 is 0 Å². The molecule has 8 nitrogen and oxygen atoms in total. The molecule has 0 radical (unpaired) electrons. The number of rotatable bonds is 7. The summed E-state index contributed by atoms with van der Waals surface area (Å²) in [5.74, 6) is -1.27. The number of hydrogen-bond donors (Lipinski definition) is 1. The number of hydrogen-bond acceptors (Lipinski definition) is 5. The van der Waals surface area contributed by atoms with Crippen LogP contribution in [0.25, 0.3) is 0 Å². The number of amides is 4. The van der Waals surface area contributed by atoms with E-state index in [4.69, 9.17) is 4.74 Å². The van der Waals surface area contributed by atoms with Crippen LogP contribution < -0.4 is 10.2 Å². The summed E-state index contributed by atoms with van der Waals surface area (Å²) in [5, 5.41) is 2.56. The standard InChI is InChI=1S/C22H29N3O5/c1-22(2)20(28)24(21(29)23-22)14-13-19(27)30-15-18(26)25(16-9-5-3-6-10-16)17-11-7-4-8-12-17/h3,5-6,9-10,17H,4,7-8,11-15H2,1-2H3,(H,23,29). The fourth-order valence-electron chi connectivity index (χ4n) is 3.99. The molecule has 3 rings (SSSR count). The van der Waals surface area contributed by atoms with Gasteiger partial charge in [-0.1, -0.05) is 37.5 Å². The van der Waals surface area contributed by atoms with Crippen molar-refractivity contribution in [2.45, 2.75) is 64.0 Å². The van der Waals surface area contributed by atoms with Gasteiger partial charge in [0.05, 0.1) is 6.42 Å². The third-order valence-corrected chi connectivity index (χ3v) is 5.58. The van der Waals surface area contributed by atoms with Crippen molar-refractivity contribution in [3.63, 3.8) is 0 Å². The number of anilines is 1. The minimum Gasteiger partial charge on any atom is -0.455 e. The highest BCUT2D eigenvalue weighted by Gasteiger charge is 2.44. The number of nitrogens with zero attached hydrogens (tertiary/aromatic N) is 2. The highest BCUT2D eigenvalue weighted by molar-refractivity contribution is 6.06. The highest BCUT2D eigenvalue weighted by atomic mass is 16.5. The molecule has 1 saturated heterocycles. The van der Waals surface area contributed by atoms with Gasteiger partial charge in [-0.25, -0.2) is 4.79 Å². The summed E-state index contributed by atoms with van der Waals surface area (Å²) < 4.78 is 5.18. The molecular weight excluding hydrogens is 386 g/mol. The van der Waals surface area contributed by atoms with Crippen LogP contribution in [0.1, 0.15) is 52.4 Å². The molecule has 30 heavy (non-hydrogen) atoms. The Morgan fingerprint density at radius 2 is 1.80 bits per heavy atom. The van der Waals surface area contributed by atoms with Crippen molar-refractivity contribution < 1.29 is 23.9 Å². The Balaban J connectivity index is 1.55. The maximum Gasteiger partial charge on any atom is 0.325 e. The molecule has 2 aliphatic rings. The summed E-state index contributed by atoms with van der Waals surface area (Å²) in [5.41, 5.74) is -0.181. The first-order chi connectivity index (χ1) is 14.3. The van der Waals surface area contributed by atoms with Gasteiger partial charge in [0.2, 0.25) is 0 Å². The number of para-hydroxylation sites is 1. The fraction of sp³-hybridized carbons (Fsp3) is 0.545. The molecule has 1 heterocycles. The maximum atomic E-state index is 12.9. The van der Waals surface area contributed by atoms with E-state index in [2.05, 4.69) is 5.32 Å². The predicted molar refractivity (Wildman–Crippen MR) is 111 cm³/mol. The molecule has 0 unspecified atom stereocenters. The normalized spacial score (nSPS) is 18.8. The van der Waals surface area contributed by atoms with Crippen molar-refractivity contribution in [1.29, 1.82) is 0 Å². The molecule has 8 heteroatoms. The van der Waals surface area contributed by atoms with Gasteiger partial charge in [0.1, 0.15) is 5.54 Å². The molecule has 4 amide bonds. The molecule has 0 aromatic heterocycles. The first kappa shape index (κ1) is 21.8. The summed E-state index contributed by atoms with van der Waals surface area (Å²) in [4.78, 5) is 51.9. The third-order valence-electron chi connectivity index (χ3n) is 5.58. The smallest absolute Gasteiger partial charge is 0.325 e. The van der Waals surface area contributed by atoms with E-state index in [1.807, 2.05) is 30.3 Å². The number of benzene rings is 1. The minimum absolute atomic E-state index is 0.0772. The third kappa shape index (κ3) is 4.98. The molecule has 1 saturated carbocycles. The number of esters is 1. The number of imide groups is 1. The van der Waals surface area contributed by atoms with Gasteiger partial charge in [-0.3, -0.25) is 19.3 Å². The highest BCUT2D eigenvalue weighted by Crippen LogP contribution is 2.27. The monoisotopic (exact) mass is 415 g/mol. The number of ether oxygens (including phenoxy) is 1. The summed E-state index contributed by atoms with van der Waals surface area (Å²) >= 11 is 0. The predicted octanol–water partition coefficient (Wildman–Crippen LogP) is 2.62. The van der Waals surface area contributed by atoms with Crippen LogP contribution in [0.4, 0.5) is 10.5 Å². The average molecular weight is 415 g/mol. The topological polar surface area (TPSA) is 96.0 Å². The van der Waals surface area contributed by atoms with Crippen molar-refractivity contribution >= 4 is 29.5 Å². The van der Waals surface area contributed by atoms with Crippen molar-refractivity contribution in [2.75, 3.05) is 18.1 Å². The summed E-state index contributed by atoms with van der Waals surface area (Å²) in [6.45, 7) is 2.77. The number of carbonyl (C=O) groups is 4. The van der Waals surface area contributed by atoms with Crippen LogP contribution >= 0.6 is 0 Å². The van der Waals surface area contributed by atoms with Crippen LogP contribution in [0.3, 0.4) is 0 Å². The zero-order chi connectivity index (χ0) is 21.7. The molecule has 1 aliphatic carbocycles. The number of carbonyl (C=O) groups excluding carboxylic acids is 4. The molecule has 2 fully saturated rings. The van der Waals surface area contributed by atoms with E-state index in [0.29, 0.717) is 0 Å². The van der Waals surface area contributed by atoms with E-state index in [9.17, 15) is 19.2 Å². The SMILES string of the molecule is CC1(C)NC(=O)N(CCC(=O)OCC(=O)N(c2ccccc2)C2CCCCC2)C1=O. The fourth-order valence-corrected chi connectivity index (χ4v) is 3.99. The van der Waals surface area contributed by atoms with Crippen molar-refractivity contribution in [3.05, 3.63) is 30.3 Å². The Kier molecular flexibility index (Phi) is 6.74. The van der Waals surface area contributed by atoms with Gasteiger partial charge in [0.15, 0.2) is 6.61 Å². The van der Waals surface area contributed by atoms with Crippen LogP contribution in [-0.2, 0) is 19.1 Å². The Hall–Kier alpha value is -2.90. The van der Waals surface area contributed by atoms with Crippen molar-refractivity contribution in [2.24, 2.45) is 0 Å². The van der Waals surface area contributed by atoms with Gasteiger partial charge in [0, 0.05) is 18.3 Å². The van der Waals surface area contributed by atoms with Gasteiger partial charge >= 0.3 is 12.0 Å². The first-order valence-electron chi connectivity index (χ1n) is 10.5. The molecule has 0 spiro atoms. The second-order valence-electron chi connectivity index (χ2n) is 8.31. The number of nitrogens with one attached hydrogen (secondary N) is 1. The zero-order valence-electron chi connectivity index (χ0n) is 17.6. The minimum atomic E-state index is -0.979. The van der Waals surface area contributed by atoms with E-state index in [0.717, 1.165) is 36.3 Å². The molecular formula is C22H29N3O5. The zero-order valence-corrected chi connectivity index (χ0v) is 17.6. The van der Waals surface area contributed by atoms with Gasteiger partial charge in [-0.2, -0.15) is 0 Å². The van der Waals surface area contributed by atoms with E-state index < -0.39 is 17.5 Å². The van der Waals surface area contributed by atoms with Crippen molar-refractivity contribution in [1.82, 2.24) is 10.2 Å². The van der Waals surface area contributed by atoms with Crippen LogP contribution in [0, 0.1) is 0 Å². The maximum absolute atomic E-state index is 12.9. The van der Waals surface area contributed by atoms with Gasteiger partial charge in [-0.15, -0.1) is 0 Å². The Bertz CT molecular complexity index is 802. The molecule has 1 aromatic carbocycles. The quantitative estimate of drug-likeness (QED) is 0.546. The lowest BCUT2D eigenvalue weighted by Gasteiger charge is -2.34. The average Bonchev–Trinajstić information content (AvgIpc) is 2.93. The van der Waals surface area contributed by atoms with E-state index in [-0.39, 0.29) is 37.4 Å². The first-order valence-corrected chi connectivity index (χ1v) is 10.5. The van der Waals surface area contributed by atoms with Gasteiger partial charge in [0.25, 0.3) is 11.8 Å². The molecule has 1 aromatic rings. The molecule has 0 atom stereocenters. The second kappa shape index (κ2) is 9.28. The molecule has 0 bridgehead atoms. The van der Waals surface area contributed by atoms with E-state index in [1.165, 1.54) is 6.42 Å². The Morgan fingerprint density at radius 1 is 1.13 bits per heavy atom. The van der Waals surface area contributed by atoms with Crippen LogP contribution in [-0.4, -0.2) is 53.4 Å². The van der Waals surface area contributed by atoms with Crippen molar-refractivity contribution in [3.8, 4) is 0 Å². The summed E-state index contributed by atoms with van der Waals surface area (Å²) in [6, 6.07) is 8.99. The largest absolute Gasteiger partial charge is 0.455 e. The van der Waals surface area contributed by atoms with Crippen LogP contribution in [0.15, 0.2) is 30.3 Å². The van der Waals surface area contributed by atoms with Gasteiger partial charge in [-0.05, 0) is 38.8 Å². The molecule has 1 N–H and O–H groups in total. The summed E-state index contributed by atoms with van der Waals surface area (Å²) in [6.07, 6.45) is 5.01. The Morgan fingerprint density at radius 3 is 2.40 bits per heavy atom. The van der Waals surface area contributed by atoms with Gasteiger partial charge < -0.3 is 15.0 Å². The second-order valence-corrected chi connectivity index (χ2v) is 8.31. The lowest BCUT2D eigenvalue weighted by molar-refractivity contribution is -0.148. The molecule has 162 valence electrons. The Labute approximate surface area is 176 Å². The van der Waals surface area contributed by atoms with E-state index in [1.54, 1.807) is 18.7 Å².